The summed E-state index contributed by atoms with van der Waals surface area (Å²) in [6.07, 6.45) is -2.11. The number of nitrogens with one attached hydrogen (secondary N) is 1. The molecule has 0 aliphatic heterocycles. The number of anilines is 1. The van der Waals surface area contributed by atoms with Crippen molar-refractivity contribution in [2.75, 3.05) is 5.32 Å². The van der Waals surface area contributed by atoms with Crippen LogP contribution in [0, 0.1) is 0 Å². The minimum Gasteiger partial charge on any atom is -0.320 e. The second-order valence-electron chi connectivity index (χ2n) is 3.87. The summed E-state index contributed by atoms with van der Waals surface area (Å²) in [6.45, 7) is 0. The van der Waals surface area contributed by atoms with Crippen molar-refractivity contribution in [1.29, 1.82) is 0 Å². The summed E-state index contributed by atoms with van der Waals surface area (Å²) >= 11 is 8.67. The lowest BCUT2D eigenvalue weighted by Crippen LogP contribution is -2.15. The van der Waals surface area contributed by atoms with Gasteiger partial charge in [-0.25, -0.2) is 4.98 Å². The molecule has 0 radical (unpaired) electrons. The van der Waals surface area contributed by atoms with Gasteiger partial charge in [-0.1, -0.05) is 11.6 Å². The van der Waals surface area contributed by atoms with Gasteiger partial charge in [0.25, 0.3) is 5.91 Å². The number of carbonyl (C=O) groups excluding carboxylic acids is 1. The number of benzene rings is 1. The number of halogens is 5. The lowest BCUT2D eigenvalue weighted by atomic mass is 10.2. The minimum atomic E-state index is -4.50. The second-order valence-corrected chi connectivity index (χ2v) is 5.12. The second kappa shape index (κ2) is 5.98. The van der Waals surface area contributed by atoms with Gasteiger partial charge in [-0.05, 0) is 34.1 Å². The van der Waals surface area contributed by atoms with Crippen LogP contribution in [0.5, 0.6) is 0 Å². The van der Waals surface area contributed by atoms with E-state index in [4.69, 9.17) is 11.6 Å². The monoisotopic (exact) mass is 379 g/mol. The molecule has 0 saturated carbocycles. The maximum Gasteiger partial charge on any atom is 0.416 e. The minimum absolute atomic E-state index is 0.00533. The molecule has 1 aromatic heterocycles. The average molecular weight is 381 g/mol. The van der Waals surface area contributed by atoms with Gasteiger partial charge < -0.3 is 5.32 Å². The fraction of sp³-hybridized carbons (Fsp3) is 0.0833. The van der Waals surface area contributed by atoms with Crippen LogP contribution in [-0.4, -0.2) is 15.9 Å². The zero-order valence-electron chi connectivity index (χ0n) is 10.1. The Morgan fingerprint density at radius 2 is 2.00 bits per heavy atom. The van der Waals surface area contributed by atoms with Crippen LogP contribution >= 0.6 is 27.5 Å². The largest absolute Gasteiger partial charge is 0.416 e. The van der Waals surface area contributed by atoms with Gasteiger partial charge in [0.05, 0.1) is 23.6 Å². The molecule has 0 bridgehead atoms. The summed E-state index contributed by atoms with van der Waals surface area (Å²) in [5.74, 6) is -0.718. The van der Waals surface area contributed by atoms with Crippen molar-refractivity contribution in [3.8, 4) is 0 Å². The molecule has 0 atom stereocenters. The molecule has 1 aromatic carbocycles. The third-order valence-electron chi connectivity index (χ3n) is 2.38. The Labute approximate surface area is 130 Å². The lowest BCUT2D eigenvalue weighted by Gasteiger charge is -2.11. The first-order valence-electron chi connectivity index (χ1n) is 5.43. The number of carbonyl (C=O) groups is 1. The van der Waals surface area contributed by atoms with Crippen LogP contribution in [0.25, 0.3) is 0 Å². The van der Waals surface area contributed by atoms with Gasteiger partial charge in [0.1, 0.15) is 10.8 Å². The van der Waals surface area contributed by atoms with Crippen molar-refractivity contribution in [2.24, 2.45) is 0 Å². The van der Waals surface area contributed by atoms with Crippen LogP contribution in [0.15, 0.2) is 35.1 Å². The summed E-state index contributed by atoms with van der Waals surface area (Å²) in [4.78, 5) is 19.3. The predicted octanol–water partition coefficient (Wildman–Crippen LogP) is 4.16. The predicted molar refractivity (Wildman–Crippen MR) is 74.1 cm³/mol. The Bertz CT molecular complexity index is 694. The molecule has 2 aromatic rings. The molecule has 4 nitrogen and oxygen atoms in total. The summed E-state index contributed by atoms with van der Waals surface area (Å²) in [5.41, 5.74) is -1.01. The summed E-state index contributed by atoms with van der Waals surface area (Å²) in [7, 11) is 0. The van der Waals surface area contributed by atoms with E-state index in [1.165, 1.54) is 12.3 Å². The summed E-state index contributed by atoms with van der Waals surface area (Å²) in [6, 6.07) is 2.92. The lowest BCUT2D eigenvalue weighted by molar-refractivity contribution is -0.137. The van der Waals surface area contributed by atoms with E-state index in [1.54, 1.807) is 0 Å². The Balaban J connectivity index is 2.29. The van der Waals surface area contributed by atoms with Crippen molar-refractivity contribution in [3.05, 3.63) is 51.5 Å². The van der Waals surface area contributed by atoms with Crippen LogP contribution in [0.1, 0.15) is 16.1 Å². The number of amides is 1. The van der Waals surface area contributed by atoms with E-state index in [9.17, 15) is 18.0 Å². The highest BCUT2D eigenvalue weighted by atomic mass is 79.9. The van der Waals surface area contributed by atoms with Crippen LogP contribution in [0.3, 0.4) is 0 Å². The van der Waals surface area contributed by atoms with Crippen LogP contribution in [-0.2, 0) is 6.18 Å². The van der Waals surface area contributed by atoms with Gasteiger partial charge in [0.15, 0.2) is 0 Å². The number of nitrogens with zero attached hydrogens (tertiary/aromatic N) is 2. The number of rotatable bonds is 2. The van der Waals surface area contributed by atoms with E-state index < -0.39 is 17.6 Å². The molecule has 0 aliphatic rings. The first-order chi connectivity index (χ1) is 9.77. The molecule has 0 unspecified atom stereocenters. The number of hydrogen-bond acceptors (Lipinski definition) is 3. The highest BCUT2D eigenvalue weighted by molar-refractivity contribution is 9.10. The van der Waals surface area contributed by atoms with Crippen molar-refractivity contribution in [3.63, 3.8) is 0 Å². The Kier molecular flexibility index (Phi) is 4.48. The molecule has 1 amide bonds. The summed E-state index contributed by atoms with van der Waals surface area (Å²) in [5, 5.41) is 2.32. The molecular weight excluding hydrogens is 375 g/mol. The average Bonchev–Trinajstić information content (AvgIpc) is 2.40. The van der Waals surface area contributed by atoms with E-state index in [2.05, 4.69) is 31.2 Å². The number of alkyl halides is 3. The maximum atomic E-state index is 12.6. The molecule has 1 heterocycles. The normalized spacial score (nSPS) is 11.3. The van der Waals surface area contributed by atoms with E-state index in [0.29, 0.717) is 4.47 Å². The Morgan fingerprint density at radius 3 is 2.62 bits per heavy atom. The highest BCUT2D eigenvalue weighted by Gasteiger charge is 2.31. The first kappa shape index (κ1) is 15.7. The molecule has 1 N–H and O–H groups in total. The van der Waals surface area contributed by atoms with Crippen molar-refractivity contribution in [2.45, 2.75) is 6.18 Å². The molecule has 0 saturated heterocycles. The van der Waals surface area contributed by atoms with E-state index in [0.717, 1.165) is 18.3 Å². The molecule has 0 aliphatic carbocycles. The van der Waals surface area contributed by atoms with Crippen LogP contribution < -0.4 is 5.32 Å². The van der Waals surface area contributed by atoms with Crippen molar-refractivity contribution in [1.82, 2.24) is 9.97 Å². The van der Waals surface area contributed by atoms with Gasteiger partial charge in [-0.15, -0.1) is 0 Å². The Morgan fingerprint density at radius 1 is 1.29 bits per heavy atom. The maximum absolute atomic E-state index is 12.6. The first-order valence-corrected chi connectivity index (χ1v) is 6.60. The van der Waals surface area contributed by atoms with Crippen molar-refractivity contribution < 1.29 is 18.0 Å². The standard InChI is InChI=1S/C12H6BrClF3N3O/c13-7-2-1-6(12(15,16)17)3-8(7)20-11(21)9-4-18-5-10(14)19-9/h1-5H,(H,20,21). The van der Waals surface area contributed by atoms with Gasteiger partial charge >= 0.3 is 6.18 Å². The van der Waals surface area contributed by atoms with E-state index >= 15 is 0 Å². The zero-order chi connectivity index (χ0) is 15.6. The third kappa shape index (κ3) is 3.92. The summed E-state index contributed by atoms with van der Waals surface area (Å²) < 4.78 is 38.2. The Hall–Kier alpha value is -1.67. The molecular formula is C12H6BrClF3N3O. The van der Waals surface area contributed by atoms with E-state index in [-0.39, 0.29) is 16.5 Å². The topological polar surface area (TPSA) is 54.9 Å². The number of hydrogen-bond donors (Lipinski definition) is 1. The van der Waals surface area contributed by atoms with Crippen LogP contribution in [0.2, 0.25) is 5.15 Å². The van der Waals surface area contributed by atoms with Gasteiger partial charge in [0.2, 0.25) is 0 Å². The van der Waals surface area contributed by atoms with Gasteiger partial charge in [-0.2, -0.15) is 13.2 Å². The highest BCUT2D eigenvalue weighted by Crippen LogP contribution is 2.34. The quantitative estimate of drug-likeness (QED) is 0.851. The van der Waals surface area contributed by atoms with E-state index in [1.807, 2.05) is 0 Å². The van der Waals surface area contributed by atoms with Crippen LogP contribution in [0.4, 0.5) is 18.9 Å². The zero-order valence-corrected chi connectivity index (χ0v) is 12.4. The third-order valence-corrected chi connectivity index (χ3v) is 3.25. The smallest absolute Gasteiger partial charge is 0.320 e. The fourth-order valence-corrected chi connectivity index (χ4v) is 1.93. The fourth-order valence-electron chi connectivity index (χ4n) is 1.44. The van der Waals surface area contributed by atoms with Gasteiger partial charge in [0, 0.05) is 4.47 Å². The molecule has 2 rings (SSSR count). The molecule has 0 fully saturated rings. The molecule has 110 valence electrons. The molecule has 9 heteroatoms. The number of aromatic nitrogens is 2. The molecule has 21 heavy (non-hydrogen) atoms. The molecule has 0 spiro atoms. The van der Waals surface area contributed by atoms with Gasteiger partial charge in [-0.3, -0.25) is 9.78 Å². The van der Waals surface area contributed by atoms with Crippen molar-refractivity contribution >= 4 is 39.1 Å². The SMILES string of the molecule is O=C(Nc1cc(C(F)(F)F)ccc1Br)c1cncc(Cl)n1.